The molecule has 25 heavy (non-hydrogen) atoms. The van der Waals surface area contributed by atoms with Gasteiger partial charge in [0, 0.05) is 11.8 Å². The van der Waals surface area contributed by atoms with Gasteiger partial charge in [-0.05, 0) is 48.3 Å². The van der Waals surface area contributed by atoms with Crippen LogP contribution in [0.25, 0.3) is 0 Å². The second-order valence-electron chi connectivity index (χ2n) is 6.25. The summed E-state index contributed by atoms with van der Waals surface area (Å²) in [6.07, 6.45) is 0. The van der Waals surface area contributed by atoms with E-state index in [9.17, 15) is 0 Å². The third-order valence-corrected chi connectivity index (χ3v) is 4.34. The van der Waals surface area contributed by atoms with Crippen molar-refractivity contribution in [3.63, 3.8) is 0 Å². The van der Waals surface area contributed by atoms with Gasteiger partial charge in [0.2, 0.25) is 0 Å². The van der Waals surface area contributed by atoms with Crippen LogP contribution in [-0.2, 0) is 0 Å². The van der Waals surface area contributed by atoms with Crippen LogP contribution in [0.3, 0.4) is 0 Å². The van der Waals surface area contributed by atoms with E-state index in [1.54, 1.807) is 14.2 Å². The van der Waals surface area contributed by atoms with Crippen LogP contribution in [0.4, 0.5) is 5.69 Å². The fourth-order valence-electron chi connectivity index (χ4n) is 2.76. The first-order chi connectivity index (χ1) is 12.0. The minimum absolute atomic E-state index is 0.140. The largest absolute Gasteiger partial charge is 0.493 e. The number of ether oxygens (including phenoxy) is 2. The first kappa shape index (κ1) is 19.1. The number of thiocarbonyl (C=S) groups is 1. The fourth-order valence-corrected chi connectivity index (χ4v) is 3.01. The molecule has 0 aliphatic carbocycles. The molecule has 134 valence electrons. The van der Waals surface area contributed by atoms with Gasteiger partial charge in [0.05, 0.1) is 20.3 Å². The fraction of sp³-hybridized carbons (Fsp3) is 0.350. The SMILES string of the molecule is COc1ccc(NC(=S)N[C@H](c2ccccc2C)C(C)C)cc1OC. The first-order valence-electron chi connectivity index (χ1n) is 8.31. The van der Waals surface area contributed by atoms with Crippen molar-refractivity contribution in [2.24, 2.45) is 5.92 Å². The lowest BCUT2D eigenvalue weighted by atomic mass is 9.93. The molecular weight excluding hydrogens is 332 g/mol. The molecule has 1 atom stereocenters. The minimum Gasteiger partial charge on any atom is -0.493 e. The molecule has 0 saturated heterocycles. The van der Waals surface area contributed by atoms with E-state index in [1.165, 1.54) is 11.1 Å². The Labute approximate surface area is 155 Å². The number of hydrogen-bond acceptors (Lipinski definition) is 3. The van der Waals surface area contributed by atoms with Gasteiger partial charge in [-0.1, -0.05) is 38.1 Å². The molecule has 0 spiro atoms. The lowest BCUT2D eigenvalue weighted by Crippen LogP contribution is -2.35. The smallest absolute Gasteiger partial charge is 0.171 e. The Hall–Kier alpha value is -2.27. The average molecular weight is 359 g/mol. The summed E-state index contributed by atoms with van der Waals surface area (Å²) in [4.78, 5) is 0. The number of aryl methyl sites for hydroxylation is 1. The molecule has 0 fully saturated rings. The van der Waals surface area contributed by atoms with Crippen LogP contribution in [-0.4, -0.2) is 19.3 Å². The van der Waals surface area contributed by atoms with Gasteiger partial charge in [0.25, 0.3) is 0 Å². The second-order valence-corrected chi connectivity index (χ2v) is 6.65. The number of methoxy groups -OCH3 is 2. The highest BCUT2D eigenvalue weighted by atomic mass is 32.1. The molecule has 0 bridgehead atoms. The molecule has 0 saturated carbocycles. The van der Waals surface area contributed by atoms with E-state index in [1.807, 2.05) is 18.2 Å². The lowest BCUT2D eigenvalue weighted by molar-refractivity contribution is 0.355. The van der Waals surface area contributed by atoms with Crippen molar-refractivity contribution in [1.29, 1.82) is 0 Å². The van der Waals surface area contributed by atoms with Crippen LogP contribution in [0, 0.1) is 12.8 Å². The molecule has 0 amide bonds. The Kier molecular flexibility index (Phi) is 6.65. The van der Waals surface area contributed by atoms with Gasteiger partial charge in [0.1, 0.15) is 0 Å². The van der Waals surface area contributed by atoms with Crippen LogP contribution >= 0.6 is 12.2 Å². The maximum Gasteiger partial charge on any atom is 0.171 e. The van der Waals surface area contributed by atoms with Crippen LogP contribution < -0.4 is 20.1 Å². The molecular formula is C20H26N2O2S. The Bertz CT molecular complexity index is 731. The molecule has 0 aliphatic rings. The summed E-state index contributed by atoms with van der Waals surface area (Å²) >= 11 is 5.52. The Morgan fingerprint density at radius 3 is 2.28 bits per heavy atom. The van der Waals surface area contributed by atoms with E-state index in [0.717, 1.165) is 5.69 Å². The van der Waals surface area contributed by atoms with Gasteiger partial charge in [0.15, 0.2) is 16.6 Å². The zero-order valence-corrected chi connectivity index (χ0v) is 16.2. The minimum atomic E-state index is 0.140. The summed E-state index contributed by atoms with van der Waals surface area (Å²) in [5.41, 5.74) is 3.36. The highest BCUT2D eigenvalue weighted by Crippen LogP contribution is 2.30. The number of nitrogens with one attached hydrogen (secondary N) is 2. The van der Waals surface area contributed by atoms with Gasteiger partial charge in [-0.2, -0.15) is 0 Å². The standard InChI is InChI=1S/C20H26N2O2S/c1-13(2)19(16-9-7-6-8-14(16)3)22-20(25)21-15-10-11-17(23-4)18(12-15)24-5/h6-13,19H,1-5H3,(H2,21,22,25)/t19-/m0/s1. The van der Waals surface area contributed by atoms with Gasteiger partial charge >= 0.3 is 0 Å². The summed E-state index contributed by atoms with van der Waals surface area (Å²) in [7, 11) is 3.23. The maximum atomic E-state index is 5.52. The van der Waals surface area contributed by atoms with Crippen LogP contribution in [0.2, 0.25) is 0 Å². The van der Waals surface area contributed by atoms with Crippen molar-refractivity contribution in [3.05, 3.63) is 53.6 Å². The van der Waals surface area contributed by atoms with Gasteiger partial charge in [-0.3, -0.25) is 0 Å². The van der Waals surface area contributed by atoms with Crippen molar-refractivity contribution in [2.45, 2.75) is 26.8 Å². The molecule has 4 nitrogen and oxygen atoms in total. The highest BCUT2D eigenvalue weighted by Gasteiger charge is 2.18. The molecule has 0 unspecified atom stereocenters. The predicted octanol–water partition coefficient (Wildman–Crippen LogP) is 4.70. The molecule has 2 rings (SSSR count). The molecule has 2 aromatic rings. The zero-order chi connectivity index (χ0) is 18.4. The average Bonchev–Trinajstić information content (AvgIpc) is 2.60. The van der Waals surface area contributed by atoms with Crippen molar-refractivity contribution in [3.8, 4) is 11.5 Å². The van der Waals surface area contributed by atoms with Crippen molar-refractivity contribution in [2.75, 3.05) is 19.5 Å². The predicted molar refractivity (Wildman–Crippen MR) is 108 cm³/mol. The molecule has 0 heterocycles. The number of anilines is 1. The van der Waals surface area contributed by atoms with E-state index in [4.69, 9.17) is 21.7 Å². The van der Waals surface area contributed by atoms with Crippen LogP contribution in [0.15, 0.2) is 42.5 Å². The van der Waals surface area contributed by atoms with Crippen molar-refractivity contribution in [1.82, 2.24) is 5.32 Å². The molecule has 5 heteroatoms. The van der Waals surface area contributed by atoms with Gasteiger partial charge < -0.3 is 20.1 Å². The summed E-state index contributed by atoms with van der Waals surface area (Å²) in [6.45, 7) is 6.49. The molecule has 0 aromatic heterocycles. The summed E-state index contributed by atoms with van der Waals surface area (Å²) in [5, 5.41) is 7.24. The number of benzene rings is 2. The van der Waals surface area contributed by atoms with Crippen LogP contribution in [0.5, 0.6) is 11.5 Å². The summed E-state index contributed by atoms with van der Waals surface area (Å²) < 4.78 is 10.6. The number of hydrogen-bond donors (Lipinski definition) is 2. The van der Waals surface area contributed by atoms with Crippen LogP contribution in [0.1, 0.15) is 31.0 Å². The summed E-state index contributed by atoms with van der Waals surface area (Å²) in [6, 6.07) is 14.1. The molecule has 0 aliphatic heterocycles. The van der Waals surface area contributed by atoms with E-state index in [0.29, 0.717) is 22.5 Å². The topological polar surface area (TPSA) is 42.5 Å². The third kappa shape index (κ3) is 4.86. The number of rotatable bonds is 6. The molecule has 0 radical (unpaired) electrons. The summed E-state index contributed by atoms with van der Waals surface area (Å²) in [5.74, 6) is 1.74. The Morgan fingerprint density at radius 2 is 1.68 bits per heavy atom. The normalized spacial score (nSPS) is 11.8. The third-order valence-electron chi connectivity index (χ3n) is 4.12. The van der Waals surface area contributed by atoms with Crippen molar-refractivity contribution >= 4 is 23.0 Å². The molecule has 2 aromatic carbocycles. The van der Waals surface area contributed by atoms with Crippen molar-refractivity contribution < 1.29 is 9.47 Å². The molecule has 2 N–H and O–H groups in total. The Balaban J connectivity index is 2.13. The first-order valence-corrected chi connectivity index (χ1v) is 8.72. The van der Waals surface area contributed by atoms with Gasteiger partial charge in [-0.15, -0.1) is 0 Å². The van der Waals surface area contributed by atoms with E-state index < -0.39 is 0 Å². The van der Waals surface area contributed by atoms with Gasteiger partial charge in [-0.25, -0.2) is 0 Å². The van der Waals surface area contributed by atoms with E-state index >= 15 is 0 Å². The van der Waals surface area contributed by atoms with E-state index in [-0.39, 0.29) is 6.04 Å². The Morgan fingerprint density at radius 1 is 1.00 bits per heavy atom. The zero-order valence-electron chi connectivity index (χ0n) is 15.4. The monoisotopic (exact) mass is 358 g/mol. The highest BCUT2D eigenvalue weighted by molar-refractivity contribution is 7.80. The maximum absolute atomic E-state index is 5.52. The quantitative estimate of drug-likeness (QED) is 0.733. The second kappa shape index (κ2) is 8.72. The lowest BCUT2D eigenvalue weighted by Gasteiger charge is -2.26. The van der Waals surface area contributed by atoms with E-state index in [2.05, 4.69) is 55.7 Å².